The van der Waals surface area contributed by atoms with Crippen molar-refractivity contribution in [3.05, 3.63) is 0 Å². The van der Waals surface area contributed by atoms with Gasteiger partial charge in [-0.3, -0.25) is 9.59 Å². The summed E-state index contributed by atoms with van der Waals surface area (Å²) >= 11 is 0. The number of carbonyl (C=O) groups excluding carboxylic acids is 1. The Morgan fingerprint density at radius 3 is 2.68 bits per heavy atom. The molecule has 4 atom stereocenters. The topological polar surface area (TPSA) is 66.8 Å². The fraction of sp³-hybridized carbons (Fsp3) is 0.900. The largest absolute Gasteiger partial charge is 0.481 e. The van der Waals surface area contributed by atoms with Crippen LogP contribution in [0.4, 0.5) is 0 Å². The molecule has 0 bridgehead atoms. The first kappa shape index (κ1) is 20.2. The van der Waals surface area contributed by atoms with Crippen LogP contribution in [0.15, 0.2) is 0 Å². The zero-order valence-corrected chi connectivity index (χ0v) is 16.1. The summed E-state index contributed by atoms with van der Waals surface area (Å²) in [5, 5.41) is 8.84. The van der Waals surface area contributed by atoms with Crippen LogP contribution < -0.4 is 0 Å². The Morgan fingerprint density at radius 1 is 1.24 bits per heavy atom. The van der Waals surface area contributed by atoms with Crippen LogP contribution in [-0.4, -0.2) is 47.7 Å². The predicted octanol–water partition coefficient (Wildman–Crippen LogP) is 3.57. The van der Waals surface area contributed by atoms with Gasteiger partial charge in [-0.2, -0.15) is 0 Å². The summed E-state index contributed by atoms with van der Waals surface area (Å²) in [5.74, 6) is 1.44. The maximum atomic E-state index is 12.6. The monoisotopic (exact) mass is 353 g/mol. The lowest BCUT2D eigenvalue weighted by Gasteiger charge is -2.38. The van der Waals surface area contributed by atoms with E-state index >= 15 is 0 Å². The van der Waals surface area contributed by atoms with E-state index in [1.165, 1.54) is 12.8 Å². The Labute approximate surface area is 152 Å². The third-order valence-electron chi connectivity index (χ3n) is 6.02. The summed E-state index contributed by atoms with van der Waals surface area (Å²) < 4.78 is 6.09. The number of nitrogens with zero attached hydrogens (tertiary/aromatic N) is 1. The highest BCUT2D eigenvalue weighted by Gasteiger charge is 2.32. The zero-order valence-electron chi connectivity index (χ0n) is 16.1. The lowest BCUT2D eigenvalue weighted by molar-refractivity contribution is -0.143. The second kappa shape index (κ2) is 9.56. The van der Waals surface area contributed by atoms with Gasteiger partial charge in [0.1, 0.15) is 6.61 Å². The van der Waals surface area contributed by atoms with Crippen molar-refractivity contribution < 1.29 is 19.4 Å². The number of amides is 1. The van der Waals surface area contributed by atoms with Crippen molar-refractivity contribution in [1.82, 2.24) is 4.90 Å². The summed E-state index contributed by atoms with van der Waals surface area (Å²) in [6.45, 7) is 8.40. The summed E-state index contributed by atoms with van der Waals surface area (Å²) in [5.41, 5.74) is 0. The molecular weight excluding hydrogens is 318 g/mol. The van der Waals surface area contributed by atoms with Gasteiger partial charge in [-0.1, -0.05) is 27.2 Å². The fourth-order valence-corrected chi connectivity index (χ4v) is 4.43. The van der Waals surface area contributed by atoms with Crippen LogP contribution >= 0.6 is 0 Å². The second-order valence-electron chi connectivity index (χ2n) is 8.46. The molecule has 5 nitrogen and oxygen atoms in total. The van der Waals surface area contributed by atoms with Gasteiger partial charge in [0.05, 0.1) is 6.10 Å². The molecular formula is C20H35NO4. The van der Waals surface area contributed by atoms with E-state index in [9.17, 15) is 9.59 Å². The van der Waals surface area contributed by atoms with Gasteiger partial charge in [0.25, 0.3) is 0 Å². The lowest BCUT2D eigenvalue weighted by Crippen LogP contribution is -2.43. The highest BCUT2D eigenvalue weighted by atomic mass is 16.5. The predicted molar refractivity (Wildman–Crippen MR) is 97.3 cm³/mol. The quantitative estimate of drug-likeness (QED) is 0.760. The highest BCUT2D eigenvalue weighted by molar-refractivity contribution is 5.77. The number of likely N-dealkylation sites (tertiary alicyclic amines) is 1. The smallest absolute Gasteiger partial charge is 0.303 e. The molecule has 1 saturated carbocycles. The number of carboxylic acids is 1. The number of rotatable bonds is 7. The normalized spacial score (nSPS) is 30.5. The molecule has 1 heterocycles. The van der Waals surface area contributed by atoms with E-state index in [1.54, 1.807) is 0 Å². The van der Waals surface area contributed by atoms with E-state index in [0.717, 1.165) is 25.8 Å². The summed E-state index contributed by atoms with van der Waals surface area (Å²) in [7, 11) is 0. The van der Waals surface area contributed by atoms with Gasteiger partial charge >= 0.3 is 5.97 Å². The summed E-state index contributed by atoms with van der Waals surface area (Å²) in [6, 6.07) is 0. The molecule has 1 saturated heterocycles. The molecule has 1 N–H and O–H groups in total. The van der Waals surface area contributed by atoms with Crippen molar-refractivity contribution in [2.75, 3.05) is 19.7 Å². The zero-order chi connectivity index (χ0) is 18.4. The SMILES string of the molecule is CC1CCC(C(C)C)C(OCC(=O)N2CCCC(CCC(=O)O)C2)C1. The number of hydrogen-bond acceptors (Lipinski definition) is 3. The fourth-order valence-electron chi connectivity index (χ4n) is 4.43. The van der Waals surface area contributed by atoms with Crippen molar-refractivity contribution in [1.29, 1.82) is 0 Å². The van der Waals surface area contributed by atoms with E-state index in [-0.39, 0.29) is 25.0 Å². The Bertz CT molecular complexity index is 451. The van der Waals surface area contributed by atoms with Crippen LogP contribution in [0.5, 0.6) is 0 Å². The van der Waals surface area contributed by atoms with E-state index in [4.69, 9.17) is 9.84 Å². The van der Waals surface area contributed by atoms with Gasteiger partial charge in [0.2, 0.25) is 5.91 Å². The molecule has 0 spiro atoms. The summed E-state index contributed by atoms with van der Waals surface area (Å²) in [4.78, 5) is 25.2. The maximum Gasteiger partial charge on any atom is 0.303 e. The third-order valence-corrected chi connectivity index (χ3v) is 6.02. The third kappa shape index (κ3) is 6.28. The number of hydrogen-bond donors (Lipinski definition) is 1. The second-order valence-corrected chi connectivity index (χ2v) is 8.46. The molecule has 5 heteroatoms. The molecule has 1 amide bonds. The molecule has 0 aromatic carbocycles. The molecule has 2 rings (SSSR count). The average Bonchev–Trinajstić information content (AvgIpc) is 2.57. The van der Waals surface area contributed by atoms with Crippen molar-refractivity contribution in [3.63, 3.8) is 0 Å². The standard InChI is InChI=1S/C20H35NO4/c1-14(2)17-8-6-15(3)11-18(17)25-13-19(22)21-10-4-5-16(12-21)7-9-20(23)24/h14-18H,4-13H2,1-3H3,(H,23,24). The Balaban J connectivity index is 1.81. The van der Waals surface area contributed by atoms with Gasteiger partial charge < -0.3 is 14.7 Å². The number of piperidine rings is 1. The van der Waals surface area contributed by atoms with Crippen LogP contribution in [0.25, 0.3) is 0 Å². The van der Waals surface area contributed by atoms with Gasteiger partial charge in [-0.25, -0.2) is 0 Å². The number of aliphatic carboxylic acids is 1. The minimum atomic E-state index is -0.752. The van der Waals surface area contributed by atoms with Crippen molar-refractivity contribution in [2.24, 2.45) is 23.7 Å². The molecule has 4 unspecified atom stereocenters. The molecule has 0 radical (unpaired) electrons. The molecule has 0 aromatic rings. The van der Waals surface area contributed by atoms with Crippen LogP contribution in [0.2, 0.25) is 0 Å². The Kier molecular flexibility index (Phi) is 7.73. The highest BCUT2D eigenvalue weighted by Crippen LogP contribution is 2.35. The van der Waals surface area contributed by atoms with E-state index < -0.39 is 5.97 Å². The first-order chi connectivity index (χ1) is 11.9. The Morgan fingerprint density at radius 2 is 2.00 bits per heavy atom. The van der Waals surface area contributed by atoms with Crippen molar-refractivity contribution in [2.45, 2.75) is 71.8 Å². The van der Waals surface area contributed by atoms with Gasteiger partial charge in [0.15, 0.2) is 0 Å². The van der Waals surface area contributed by atoms with Crippen molar-refractivity contribution in [3.8, 4) is 0 Å². The molecule has 1 aliphatic carbocycles. The minimum Gasteiger partial charge on any atom is -0.481 e. The van der Waals surface area contributed by atoms with Crippen molar-refractivity contribution >= 4 is 11.9 Å². The lowest BCUT2D eigenvalue weighted by atomic mass is 9.75. The summed E-state index contributed by atoms with van der Waals surface area (Å²) in [6.07, 6.45) is 6.54. The number of ether oxygens (including phenoxy) is 1. The molecule has 0 aromatic heterocycles. The number of carbonyl (C=O) groups is 2. The van der Waals surface area contributed by atoms with Gasteiger partial charge in [0, 0.05) is 19.5 Å². The molecule has 2 aliphatic rings. The Hall–Kier alpha value is -1.10. The molecule has 25 heavy (non-hydrogen) atoms. The van der Waals surface area contributed by atoms with Crippen LogP contribution in [-0.2, 0) is 14.3 Å². The molecule has 144 valence electrons. The molecule has 2 fully saturated rings. The van der Waals surface area contributed by atoms with Crippen LogP contribution in [0.3, 0.4) is 0 Å². The number of carboxylic acid groups (broad SMARTS) is 1. The average molecular weight is 354 g/mol. The minimum absolute atomic E-state index is 0.0701. The molecule has 1 aliphatic heterocycles. The maximum absolute atomic E-state index is 12.6. The van der Waals surface area contributed by atoms with Gasteiger partial charge in [-0.15, -0.1) is 0 Å². The van der Waals surface area contributed by atoms with Crippen LogP contribution in [0, 0.1) is 23.7 Å². The van der Waals surface area contributed by atoms with Gasteiger partial charge in [-0.05, 0) is 55.8 Å². The van der Waals surface area contributed by atoms with E-state index in [0.29, 0.717) is 36.6 Å². The van der Waals surface area contributed by atoms with Crippen LogP contribution in [0.1, 0.15) is 65.7 Å². The first-order valence-corrected chi connectivity index (χ1v) is 9.98. The van der Waals surface area contributed by atoms with E-state index in [1.807, 2.05) is 4.90 Å². The first-order valence-electron chi connectivity index (χ1n) is 9.98. The van der Waals surface area contributed by atoms with E-state index in [2.05, 4.69) is 20.8 Å².